The zero-order valence-corrected chi connectivity index (χ0v) is 13.6. The van der Waals surface area contributed by atoms with Crippen molar-refractivity contribution >= 4 is 11.3 Å². The van der Waals surface area contributed by atoms with Crippen LogP contribution in [0.4, 0.5) is 13.2 Å². The molecule has 1 heterocycles. The van der Waals surface area contributed by atoms with Crippen molar-refractivity contribution in [1.82, 2.24) is 10.2 Å². The number of alkyl halides is 3. The Morgan fingerprint density at radius 3 is 2.33 bits per heavy atom. The average Bonchev–Trinajstić information content (AvgIpc) is 3.05. The van der Waals surface area contributed by atoms with Gasteiger partial charge in [0.25, 0.3) is 0 Å². The minimum Gasteiger partial charge on any atom is -0.307 e. The first-order valence-corrected chi connectivity index (χ1v) is 8.07. The van der Waals surface area contributed by atoms with E-state index in [0.717, 1.165) is 24.3 Å². The van der Waals surface area contributed by atoms with Crippen LogP contribution in [0.2, 0.25) is 0 Å². The summed E-state index contributed by atoms with van der Waals surface area (Å²) in [6.07, 6.45) is -2.34. The van der Waals surface area contributed by atoms with Gasteiger partial charge in [0.2, 0.25) is 0 Å². The molecule has 120 valence electrons. The Kier molecular flexibility index (Phi) is 5.00. The van der Waals surface area contributed by atoms with Crippen molar-refractivity contribution in [3.05, 3.63) is 21.9 Å². The average molecular weight is 320 g/mol. The van der Waals surface area contributed by atoms with Crippen molar-refractivity contribution in [2.75, 3.05) is 6.54 Å². The topological polar surface area (TPSA) is 15.3 Å². The first-order valence-electron chi connectivity index (χ1n) is 7.26. The van der Waals surface area contributed by atoms with Crippen LogP contribution in [0.5, 0.6) is 0 Å². The summed E-state index contributed by atoms with van der Waals surface area (Å²) in [4.78, 5) is 3.74. The highest BCUT2D eigenvalue weighted by Crippen LogP contribution is 2.32. The Bertz CT molecular complexity index is 458. The molecule has 1 aromatic heterocycles. The minimum atomic E-state index is -4.11. The zero-order chi connectivity index (χ0) is 15.7. The Balaban J connectivity index is 1.91. The van der Waals surface area contributed by atoms with Gasteiger partial charge in [-0.3, -0.25) is 4.90 Å². The third kappa shape index (κ3) is 6.36. The quantitative estimate of drug-likeness (QED) is 0.846. The van der Waals surface area contributed by atoms with Gasteiger partial charge in [0, 0.05) is 34.4 Å². The molecule has 1 aliphatic carbocycles. The maximum absolute atomic E-state index is 12.6. The van der Waals surface area contributed by atoms with Gasteiger partial charge in [-0.05, 0) is 45.7 Å². The number of nitrogens with zero attached hydrogens (tertiary/aromatic N) is 1. The molecule has 2 nitrogen and oxygen atoms in total. The largest absolute Gasteiger partial charge is 0.401 e. The third-order valence-corrected chi connectivity index (χ3v) is 4.38. The van der Waals surface area contributed by atoms with Gasteiger partial charge in [-0.1, -0.05) is 0 Å². The Morgan fingerprint density at radius 1 is 1.19 bits per heavy atom. The maximum Gasteiger partial charge on any atom is 0.401 e. The number of nitrogens with one attached hydrogen (secondary N) is 1. The number of halogens is 3. The van der Waals surface area contributed by atoms with Gasteiger partial charge in [-0.25, -0.2) is 0 Å². The van der Waals surface area contributed by atoms with E-state index in [1.807, 2.05) is 12.1 Å². The van der Waals surface area contributed by atoms with Crippen molar-refractivity contribution in [1.29, 1.82) is 0 Å². The molecule has 0 unspecified atom stereocenters. The molecule has 0 atom stereocenters. The van der Waals surface area contributed by atoms with E-state index in [9.17, 15) is 13.2 Å². The minimum absolute atomic E-state index is 0.0421. The van der Waals surface area contributed by atoms with Crippen LogP contribution in [0.25, 0.3) is 0 Å². The second-order valence-corrected chi connectivity index (χ2v) is 7.98. The van der Waals surface area contributed by atoms with Gasteiger partial charge < -0.3 is 5.32 Å². The fourth-order valence-corrected chi connectivity index (χ4v) is 3.12. The summed E-state index contributed by atoms with van der Waals surface area (Å²) < 4.78 is 37.8. The molecule has 0 amide bonds. The van der Waals surface area contributed by atoms with Gasteiger partial charge in [0.05, 0.1) is 6.54 Å². The summed E-state index contributed by atoms with van der Waals surface area (Å²) in [5.74, 6) is 0. The highest BCUT2D eigenvalue weighted by Gasteiger charge is 2.38. The van der Waals surface area contributed by atoms with Crippen LogP contribution in [0.1, 0.15) is 43.4 Å². The molecular formula is C15H23F3N2S. The fraction of sp³-hybridized carbons (Fsp3) is 0.733. The zero-order valence-electron chi connectivity index (χ0n) is 12.8. The lowest BCUT2D eigenvalue weighted by Crippen LogP contribution is -2.35. The predicted molar refractivity (Wildman–Crippen MR) is 80.4 cm³/mol. The summed E-state index contributed by atoms with van der Waals surface area (Å²) in [6, 6.07) is 4.08. The van der Waals surface area contributed by atoms with E-state index in [4.69, 9.17) is 0 Å². The van der Waals surface area contributed by atoms with Crippen LogP contribution in [0.15, 0.2) is 12.1 Å². The number of hydrogen-bond donors (Lipinski definition) is 1. The predicted octanol–water partition coefficient (Wildman–Crippen LogP) is 4.16. The normalized spacial score (nSPS) is 16.7. The Labute approximate surface area is 128 Å². The second kappa shape index (κ2) is 6.26. The van der Waals surface area contributed by atoms with E-state index in [0.29, 0.717) is 6.54 Å². The lowest BCUT2D eigenvalue weighted by Gasteiger charge is -2.22. The molecule has 0 bridgehead atoms. The van der Waals surface area contributed by atoms with E-state index in [1.54, 1.807) is 16.2 Å². The standard InChI is InChI=1S/C15H23F3N2S/c1-14(2,3)19-8-12-6-7-13(21-12)9-20(11-4-5-11)10-15(16,17)18/h6-7,11,19H,4-5,8-10H2,1-3H3. The van der Waals surface area contributed by atoms with Crippen LogP contribution < -0.4 is 5.32 Å². The summed E-state index contributed by atoms with van der Waals surface area (Å²) in [5.41, 5.74) is 0.0421. The molecule has 0 spiro atoms. The van der Waals surface area contributed by atoms with Crippen LogP contribution in [0.3, 0.4) is 0 Å². The van der Waals surface area contributed by atoms with Crippen molar-refractivity contribution in [3.8, 4) is 0 Å². The van der Waals surface area contributed by atoms with Crippen LogP contribution >= 0.6 is 11.3 Å². The van der Waals surface area contributed by atoms with E-state index in [1.165, 1.54) is 4.88 Å². The van der Waals surface area contributed by atoms with Crippen molar-refractivity contribution in [3.63, 3.8) is 0 Å². The van der Waals surface area contributed by atoms with Gasteiger partial charge in [-0.15, -0.1) is 11.3 Å². The van der Waals surface area contributed by atoms with E-state index >= 15 is 0 Å². The molecule has 1 saturated carbocycles. The molecule has 0 saturated heterocycles. The SMILES string of the molecule is CC(C)(C)NCc1ccc(CN(CC(F)(F)F)C2CC2)s1. The molecule has 2 rings (SSSR count). The van der Waals surface area contributed by atoms with Crippen LogP contribution in [0, 0.1) is 0 Å². The highest BCUT2D eigenvalue weighted by atomic mass is 32.1. The lowest BCUT2D eigenvalue weighted by atomic mass is 10.1. The van der Waals surface area contributed by atoms with Gasteiger partial charge >= 0.3 is 6.18 Å². The number of rotatable bonds is 6. The fourth-order valence-electron chi connectivity index (χ4n) is 2.14. The van der Waals surface area contributed by atoms with Gasteiger partial charge in [0.15, 0.2) is 0 Å². The summed E-state index contributed by atoms with van der Waals surface area (Å²) >= 11 is 1.60. The highest BCUT2D eigenvalue weighted by molar-refractivity contribution is 7.11. The number of thiophene rings is 1. The molecule has 1 aromatic rings. The Hall–Kier alpha value is -0.590. The number of hydrogen-bond acceptors (Lipinski definition) is 3. The van der Waals surface area contributed by atoms with Gasteiger partial charge in [-0.2, -0.15) is 13.2 Å². The molecule has 0 radical (unpaired) electrons. The molecule has 0 aromatic carbocycles. The molecule has 1 fully saturated rings. The van der Waals surface area contributed by atoms with Crippen LogP contribution in [-0.4, -0.2) is 29.2 Å². The first-order chi connectivity index (χ1) is 9.62. The third-order valence-electron chi connectivity index (χ3n) is 3.31. The monoisotopic (exact) mass is 320 g/mol. The maximum atomic E-state index is 12.6. The molecule has 21 heavy (non-hydrogen) atoms. The van der Waals surface area contributed by atoms with Crippen molar-refractivity contribution in [2.45, 2.75) is 64.5 Å². The lowest BCUT2D eigenvalue weighted by molar-refractivity contribution is -0.148. The first kappa shape index (κ1) is 16.8. The molecule has 6 heteroatoms. The molecular weight excluding hydrogens is 297 g/mol. The smallest absolute Gasteiger partial charge is 0.307 e. The van der Waals surface area contributed by atoms with Crippen LogP contribution in [-0.2, 0) is 13.1 Å². The summed E-state index contributed by atoms with van der Waals surface area (Å²) in [5, 5.41) is 3.39. The molecule has 1 aliphatic rings. The molecule has 0 aliphatic heterocycles. The van der Waals surface area contributed by atoms with Crippen molar-refractivity contribution < 1.29 is 13.2 Å². The Morgan fingerprint density at radius 2 is 1.81 bits per heavy atom. The second-order valence-electron chi connectivity index (χ2n) is 6.72. The summed E-state index contributed by atoms with van der Waals surface area (Å²) in [7, 11) is 0. The van der Waals surface area contributed by atoms with E-state index in [-0.39, 0.29) is 11.6 Å². The van der Waals surface area contributed by atoms with Gasteiger partial charge in [0.1, 0.15) is 0 Å². The van der Waals surface area contributed by atoms with E-state index < -0.39 is 12.7 Å². The molecule has 1 N–H and O–H groups in total. The summed E-state index contributed by atoms with van der Waals surface area (Å²) in [6.45, 7) is 6.66. The van der Waals surface area contributed by atoms with E-state index in [2.05, 4.69) is 26.1 Å². The van der Waals surface area contributed by atoms with Crippen molar-refractivity contribution in [2.24, 2.45) is 0 Å².